The first-order valence-electron chi connectivity index (χ1n) is 20.5. The number of hydrogen-bond donors (Lipinski definition) is 0. The van der Waals surface area contributed by atoms with Crippen LogP contribution in [0, 0.1) is 0 Å². The van der Waals surface area contributed by atoms with E-state index in [2.05, 4.69) is 223 Å². The number of fused-ring (bicyclic) bond motifs is 9. The number of benzene rings is 8. The summed E-state index contributed by atoms with van der Waals surface area (Å²) in [6.45, 7) is 12.0. The van der Waals surface area contributed by atoms with Crippen LogP contribution in [0.2, 0.25) is 0 Å². The summed E-state index contributed by atoms with van der Waals surface area (Å²) in [7, 11) is 2.24. The van der Waals surface area contributed by atoms with Gasteiger partial charge in [-0.15, -0.1) is 0 Å². The van der Waals surface area contributed by atoms with E-state index in [-0.39, 0.29) is 0 Å². The maximum atomic E-state index is 2.32. The van der Waals surface area contributed by atoms with Crippen molar-refractivity contribution < 1.29 is 0 Å². The molecular formula is C54H52BN2. The smallest absolute Gasteiger partial charge is 0.193 e. The fourth-order valence-corrected chi connectivity index (χ4v) is 7.46. The SMILES string of the molecule is CC.CC.CC.[B]1c2ccccc2-c2ccccc21.c1ccc(-n2c3ccccc3c3ccccc32)cc1.c1ccc(-n2c3ccccc3c3ccccc32)cc1. The van der Waals surface area contributed by atoms with E-state index in [1.165, 1.54) is 77.0 Å². The molecule has 57 heavy (non-hydrogen) atoms. The maximum Gasteiger partial charge on any atom is 0.193 e. The average Bonchev–Trinajstić information content (AvgIpc) is 3.98. The second kappa shape index (κ2) is 19.8. The van der Waals surface area contributed by atoms with Crippen molar-refractivity contribution >= 4 is 61.8 Å². The van der Waals surface area contributed by atoms with Crippen LogP contribution >= 0.6 is 0 Å². The van der Waals surface area contributed by atoms with Crippen LogP contribution in [0.4, 0.5) is 0 Å². The van der Waals surface area contributed by atoms with Crippen LogP contribution in [0.5, 0.6) is 0 Å². The van der Waals surface area contributed by atoms with E-state index in [4.69, 9.17) is 0 Å². The second-order valence-corrected chi connectivity index (χ2v) is 12.7. The van der Waals surface area contributed by atoms with Crippen molar-refractivity contribution in [2.75, 3.05) is 0 Å². The Hall–Kier alpha value is -6.58. The number of para-hydroxylation sites is 6. The molecule has 0 aliphatic carbocycles. The fraction of sp³-hybridized carbons (Fsp3) is 0.111. The van der Waals surface area contributed by atoms with E-state index in [0.717, 1.165) is 0 Å². The molecule has 0 amide bonds. The molecule has 0 atom stereocenters. The van der Waals surface area contributed by atoms with Gasteiger partial charge < -0.3 is 9.13 Å². The lowest BCUT2D eigenvalue weighted by Gasteiger charge is -2.06. The molecule has 3 heterocycles. The molecule has 0 spiro atoms. The quantitative estimate of drug-likeness (QED) is 0.156. The highest BCUT2D eigenvalue weighted by molar-refractivity contribution is 6.73. The van der Waals surface area contributed by atoms with Gasteiger partial charge in [-0.1, -0.05) is 210 Å². The Labute approximate surface area is 339 Å². The van der Waals surface area contributed by atoms with E-state index in [1.54, 1.807) is 0 Å². The molecule has 0 fully saturated rings. The third kappa shape index (κ3) is 8.34. The molecule has 10 aromatic rings. The molecule has 1 aliphatic heterocycles. The highest BCUT2D eigenvalue weighted by Crippen LogP contribution is 2.32. The Morgan fingerprint density at radius 2 is 0.509 bits per heavy atom. The van der Waals surface area contributed by atoms with E-state index >= 15 is 0 Å². The lowest BCUT2D eigenvalue weighted by atomic mass is 9.68. The summed E-state index contributed by atoms with van der Waals surface area (Å²) in [4.78, 5) is 0. The van der Waals surface area contributed by atoms with E-state index in [0.29, 0.717) is 0 Å². The molecule has 0 unspecified atom stereocenters. The summed E-state index contributed by atoms with van der Waals surface area (Å²) in [6.07, 6.45) is 0. The van der Waals surface area contributed by atoms with Gasteiger partial charge in [0.05, 0.1) is 22.1 Å². The lowest BCUT2D eigenvalue weighted by molar-refractivity contribution is 1.18. The van der Waals surface area contributed by atoms with Gasteiger partial charge in [-0.3, -0.25) is 0 Å². The molecule has 8 aromatic carbocycles. The van der Waals surface area contributed by atoms with Gasteiger partial charge in [0.1, 0.15) is 0 Å². The third-order valence-electron chi connectivity index (χ3n) is 9.71. The van der Waals surface area contributed by atoms with Crippen molar-refractivity contribution in [1.29, 1.82) is 0 Å². The Morgan fingerprint density at radius 1 is 0.263 bits per heavy atom. The van der Waals surface area contributed by atoms with E-state index in [9.17, 15) is 0 Å². The number of nitrogens with zero attached hydrogens (tertiary/aromatic N) is 2. The first-order chi connectivity index (χ1) is 28.3. The molecule has 11 rings (SSSR count). The molecule has 0 saturated carbocycles. The maximum absolute atomic E-state index is 2.32. The van der Waals surface area contributed by atoms with Crippen molar-refractivity contribution in [1.82, 2.24) is 9.13 Å². The second-order valence-electron chi connectivity index (χ2n) is 12.7. The van der Waals surface area contributed by atoms with Gasteiger partial charge in [-0.2, -0.15) is 0 Å². The van der Waals surface area contributed by atoms with E-state index in [1.807, 2.05) is 41.5 Å². The van der Waals surface area contributed by atoms with Crippen LogP contribution in [0.15, 0.2) is 206 Å². The molecule has 1 radical (unpaired) electrons. The van der Waals surface area contributed by atoms with Gasteiger partial charge in [0.25, 0.3) is 0 Å². The predicted octanol–water partition coefficient (Wildman–Crippen LogP) is 14.0. The molecule has 0 N–H and O–H groups in total. The van der Waals surface area contributed by atoms with Gasteiger partial charge in [0.15, 0.2) is 7.28 Å². The molecule has 0 saturated heterocycles. The minimum Gasteiger partial charge on any atom is -0.309 e. The Bertz CT molecular complexity index is 2480. The highest BCUT2D eigenvalue weighted by Gasteiger charge is 2.17. The average molecular weight is 740 g/mol. The van der Waals surface area contributed by atoms with Crippen LogP contribution in [0.25, 0.3) is 66.1 Å². The zero-order chi connectivity index (χ0) is 40.0. The first kappa shape index (κ1) is 40.1. The number of rotatable bonds is 2. The van der Waals surface area contributed by atoms with Crippen molar-refractivity contribution in [3.63, 3.8) is 0 Å². The minimum absolute atomic E-state index is 1.21. The van der Waals surface area contributed by atoms with Gasteiger partial charge >= 0.3 is 0 Å². The van der Waals surface area contributed by atoms with Crippen LogP contribution in [-0.4, -0.2) is 16.4 Å². The van der Waals surface area contributed by atoms with Crippen molar-refractivity contribution in [3.8, 4) is 22.5 Å². The summed E-state index contributed by atoms with van der Waals surface area (Å²) in [5.74, 6) is 0. The monoisotopic (exact) mass is 739 g/mol. The van der Waals surface area contributed by atoms with Gasteiger partial charge in [-0.05, 0) is 59.7 Å². The molecule has 0 bridgehead atoms. The topological polar surface area (TPSA) is 9.86 Å². The Kier molecular flexibility index (Phi) is 14.0. The highest BCUT2D eigenvalue weighted by atomic mass is 15.0. The predicted molar refractivity (Wildman–Crippen MR) is 253 cm³/mol. The summed E-state index contributed by atoms with van der Waals surface area (Å²) >= 11 is 0. The normalized spacial score (nSPS) is 10.4. The van der Waals surface area contributed by atoms with Crippen LogP contribution in [0.1, 0.15) is 41.5 Å². The standard InChI is InChI=1S/2C18H13N.C12H8B.3C2H6/c2*1-2-8-14(9-3-1)19-17-12-6-4-10-15(17)16-11-5-7-13-18(16)19;1-3-7-11-9(5-1)10-6-2-4-8-12(10)13-11;3*1-2/h2*1-13H;1-8H;3*1-2H3. The minimum atomic E-state index is 1.21. The molecule has 2 aromatic heterocycles. The Morgan fingerprint density at radius 3 is 0.825 bits per heavy atom. The largest absolute Gasteiger partial charge is 0.309 e. The molecule has 3 heteroatoms. The molecule has 2 nitrogen and oxygen atoms in total. The summed E-state index contributed by atoms with van der Waals surface area (Å²) in [6, 6.07) is 72.4. The summed E-state index contributed by atoms with van der Waals surface area (Å²) in [5.41, 5.74) is 12.8. The van der Waals surface area contributed by atoms with Crippen LogP contribution in [-0.2, 0) is 0 Å². The lowest BCUT2D eigenvalue weighted by Crippen LogP contribution is -2.20. The number of hydrogen-bond acceptors (Lipinski definition) is 0. The van der Waals surface area contributed by atoms with Crippen LogP contribution < -0.4 is 10.9 Å². The summed E-state index contributed by atoms with van der Waals surface area (Å²) in [5, 5.41) is 5.23. The Balaban J connectivity index is 0.000000138. The third-order valence-corrected chi connectivity index (χ3v) is 9.71. The van der Waals surface area contributed by atoms with Crippen molar-refractivity contribution in [3.05, 3.63) is 206 Å². The zero-order valence-electron chi connectivity index (χ0n) is 34.1. The van der Waals surface area contributed by atoms with E-state index < -0.39 is 0 Å². The fourth-order valence-electron chi connectivity index (χ4n) is 7.46. The van der Waals surface area contributed by atoms with Gasteiger partial charge in [0.2, 0.25) is 0 Å². The van der Waals surface area contributed by atoms with Gasteiger partial charge in [0, 0.05) is 32.9 Å². The first-order valence-corrected chi connectivity index (χ1v) is 20.5. The van der Waals surface area contributed by atoms with Crippen LogP contribution in [0.3, 0.4) is 0 Å². The van der Waals surface area contributed by atoms with Gasteiger partial charge in [-0.25, -0.2) is 0 Å². The number of aromatic nitrogens is 2. The van der Waals surface area contributed by atoms with Crippen molar-refractivity contribution in [2.24, 2.45) is 0 Å². The zero-order valence-corrected chi connectivity index (χ0v) is 34.1. The summed E-state index contributed by atoms with van der Waals surface area (Å²) < 4.78 is 4.65. The molecule has 281 valence electrons. The molecule has 1 aliphatic rings. The molecular weight excluding hydrogens is 687 g/mol. The van der Waals surface area contributed by atoms with Crippen molar-refractivity contribution in [2.45, 2.75) is 41.5 Å².